The van der Waals surface area contributed by atoms with Crippen LogP contribution in [0.5, 0.6) is 5.75 Å². The van der Waals surface area contributed by atoms with E-state index in [2.05, 4.69) is 23.5 Å². The number of amides is 1. The molecule has 2 heterocycles. The van der Waals surface area contributed by atoms with Crippen LogP contribution in [0.2, 0.25) is 0 Å². The van der Waals surface area contributed by atoms with Crippen molar-refractivity contribution >= 4 is 22.4 Å². The fraction of sp³-hybridized carbons (Fsp3) is 0.370. The summed E-state index contributed by atoms with van der Waals surface area (Å²) in [5.41, 5.74) is 2.51. The van der Waals surface area contributed by atoms with E-state index in [0.29, 0.717) is 25.3 Å². The molecule has 2 unspecified atom stereocenters. The van der Waals surface area contributed by atoms with Crippen molar-refractivity contribution in [1.82, 2.24) is 4.90 Å². The lowest BCUT2D eigenvalue weighted by Gasteiger charge is -2.39. The van der Waals surface area contributed by atoms with Gasteiger partial charge in [0.2, 0.25) is 0 Å². The quantitative estimate of drug-likeness (QED) is 0.494. The molecule has 6 nitrogen and oxygen atoms in total. The number of hydrogen-bond acceptors (Lipinski definition) is 5. The van der Waals surface area contributed by atoms with Crippen LogP contribution >= 0.6 is 0 Å². The topological polar surface area (TPSA) is 60.0 Å². The maximum Gasteiger partial charge on any atom is 0.257 e. The lowest BCUT2D eigenvalue weighted by Crippen LogP contribution is -2.44. The highest BCUT2D eigenvalue weighted by atomic mass is 16.5. The second kappa shape index (κ2) is 9.81. The maximum absolute atomic E-state index is 13.6. The highest BCUT2D eigenvalue weighted by molar-refractivity contribution is 6.02. The number of anilines is 1. The Labute approximate surface area is 194 Å². The van der Waals surface area contributed by atoms with Gasteiger partial charge in [-0.25, -0.2) is 0 Å². The highest BCUT2D eigenvalue weighted by Gasteiger charge is 2.35. The SMILES string of the molecule is COCCCN1C(=O)c2ccccc2NC1c1c(OCC2CCCO2)ccc2ccccc12. The molecule has 172 valence electrons. The van der Waals surface area contributed by atoms with Crippen molar-refractivity contribution in [2.45, 2.75) is 31.5 Å². The summed E-state index contributed by atoms with van der Waals surface area (Å²) in [5.74, 6) is 0.800. The third-order valence-electron chi connectivity index (χ3n) is 6.42. The van der Waals surface area contributed by atoms with Crippen molar-refractivity contribution in [3.05, 3.63) is 71.8 Å². The van der Waals surface area contributed by atoms with E-state index in [1.54, 1.807) is 7.11 Å². The minimum atomic E-state index is -0.352. The van der Waals surface area contributed by atoms with Gasteiger partial charge >= 0.3 is 0 Å². The molecule has 0 aromatic heterocycles. The first kappa shape index (κ1) is 21.7. The van der Waals surface area contributed by atoms with Crippen molar-refractivity contribution < 1.29 is 19.0 Å². The van der Waals surface area contributed by atoms with Gasteiger partial charge in [0, 0.05) is 38.1 Å². The third-order valence-corrected chi connectivity index (χ3v) is 6.42. The van der Waals surface area contributed by atoms with Crippen LogP contribution in [0.4, 0.5) is 5.69 Å². The Morgan fingerprint density at radius 2 is 1.94 bits per heavy atom. The molecular weight excluding hydrogens is 416 g/mol. The molecule has 6 heteroatoms. The Kier molecular flexibility index (Phi) is 6.46. The molecule has 0 spiro atoms. The molecule has 1 amide bonds. The zero-order valence-corrected chi connectivity index (χ0v) is 19.0. The Balaban J connectivity index is 1.58. The van der Waals surface area contributed by atoms with Gasteiger partial charge < -0.3 is 24.4 Å². The molecule has 5 rings (SSSR count). The number of fused-ring (bicyclic) bond motifs is 2. The Hall–Kier alpha value is -3.09. The number of carbonyl (C=O) groups excluding carboxylic acids is 1. The summed E-state index contributed by atoms with van der Waals surface area (Å²) >= 11 is 0. The van der Waals surface area contributed by atoms with Gasteiger partial charge in [-0.05, 0) is 48.2 Å². The molecule has 1 saturated heterocycles. The van der Waals surface area contributed by atoms with Gasteiger partial charge in [0.05, 0.1) is 11.7 Å². The number of nitrogens with zero attached hydrogens (tertiary/aromatic N) is 1. The lowest BCUT2D eigenvalue weighted by atomic mass is 9.97. The van der Waals surface area contributed by atoms with Crippen LogP contribution in [0, 0.1) is 0 Å². The van der Waals surface area contributed by atoms with Crippen molar-refractivity contribution in [3.8, 4) is 5.75 Å². The number of ether oxygens (including phenoxy) is 3. The fourth-order valence-electron chi connectivity index (χ4n) is 4.77. The predicted molar refractivity (Wildman–Crippen MR) is 129 cm³/mol. The molecule has 3 aromatic rings. The van der Waals surface area contributed by atoms with Crippen LogP contribution in [-0.4, -0.2) is 50.4 Å². The summed E-state index contributed by atoms with van der Waals surface area (Å²) in [4.78, 5) is 15.5. The molecule has 0 aliphatic carbocycles. The second-order valence-electron chi connectivity index (χ2n) is 8.58. The largest absolute Gasteiger partial charge is 0.490 e. The number of carbonyl (C=O) groups is 1. The van der Waals surface area contributed by atoms with Crippen LogP contribution in [0.25, 0.3) is 10.8 Å². The van der Waals surface area contributed by atoms with Gasteiger partial charge in [0.25, 0.3) is 5.91 Å². The predicted octanol–water partition coefficient (Wildman–Crippen LogP) is 5.00. The van der Waals surface area contributed by atoms with Gasteiger partial charge in [-0.2, -0.15) is 0 Å². The van der Waals surface area contributed by atoms with Crippen LogP contribution in [0.3, 0.4) is 0 Å². The second-order valence-corrected chi connectivity index (χ2v) is 8.58. The molecule has 2 atom stereocenters. The minimum absolute atomic E-state index is 0.0171. The van der Waals surface area contributed by atoms with E-state index in [-0.39, 0.29) is 18.2 Å². The third kappa shape index (κ3) is 4.41. The summed E-state index contributed by atoms with van der Waals surface area (Å²) in [6, 6.07) is 20.1. The fourth-order valence-corrected chi connectivity index (χ4v) is 4.77. The van der Waals surface area contributed by atoms with E-state index in [0.717, 1.165) is 53.6 Å². The summed E-state index contributed by atoms with van der Waals surface area (Å²) in [6.45, 7) is 2.47. The Bertz CT molecular complexity index is 1130. The van der Waals surface area contributed by atoms with Crippen molar-refractivity contribution in [3.63, 3.8) is 0 Å². The first-order valence-corrected chi connectivity index (χ1v) is 11.7. The average molecular weight is 447 g/mol. The molecule has 3 aromatic carbocycles. The number of para-hydroxylation sites is 1. The van der Waals surface area contributed by atoms with E-state index >= 15 is 0 Å². The van der Waals surface area contributed by atoms with Crippen molar-refractivity contribution in [1.29, 1.82) is 0 Å². The van der Waals surface area contributed by atoms with E-state index in [4.69, 9.17) is 14.2 Å². The zero-order valence-electron chi connectivity index (χ0n) is 19.0. The summed E-state index contributed by atoms with van der Waals surface area (Å²) in [6.07, 6.45) is 2.60. The average Bonchev–Trinajstić information content (AvgIpc) is 3.37. The minimum Gasteiger partial charge on any atom is -0.490 e. The zero-order chi connectivity index (χ0) is 22.6. The standard InChI is InChI=1S/C27H30N2O4/c1-31-16-7-15-29-26(28-23-12-5-4-11-22(23)27(29)30)25-21-10-3-2-8-19(21)13-14-24(25)33-18-20-9-6-17-32-20/h2-5,8,10-14,20,26,28H,6-7,9,15-18H2,1H3. The highest BCUT2D eigenvalue weighted by Crippen LogP contribution is 2.41. The number of nitrogens with one attached hydrogen (secondary N) is 1. The smallest absolute Gasteiger partial charge is 0.257 e. The molecule has 0 saturated carbocycles. The molecule has 0 bridgehead atoms. The molecular formula is C27H30N2O4. The number of benzene rings is 3. The van der Waals surface area contributed by atoms with E-state index < -0.39 is 0 Å². The first-order chi connectivity index (χ1) is 16.3. The summed E-state index contributed by atoms with van der Waals surface area (Å²) in [7, 11) is 1.69. The van der Waals surface area contributed by atoms with E-state index in [1.807, 2.05) is 47.4 Å². The lowest BCUT2D eigenvalue weighted by molar-refractivity contribution is 0.0624. The van der Waals surface area contributed by atoms with Crippen molar-refractivity contribution in [2.24, 2.45) is 0 Å². The van der Waals surface area contributed by atoms with Crippen molar-refractivity contribution in [2.75, 3.05) is 38.8 Å². The molecule has 2 aliphatic heterocycles. The normalized spacial score (nSPS) is 20.0. The number of methoxy groups -OCH3 is 1. The summed E-state index contributed by atoms with van der Waals surface area (Å²) < 4.78 is 17.4. The van der Waals surface area contributed by atoms with Crippen LogP contribution in [-0.2, 0) is 9.47 Å². The first-order valence-electron chi connectivity index (χ1n) is 11.7. The van der Waals surface area contributed by atoms with Gasteiger partial charge in [0.15, 0.2) is 0 Å². The van der Waals surface area contributed by atoms with E-state index in [1.165, 1.54) is 0 Å². The molecule has 2 aliphatic rings. The van der Waals surface area contributed by atoms with Crippen LogP contribution < -0.4 is 10.1 Å². The Morgan fingerprint density at radius 1 is 1.09 bits per heavy atom. The molecule has 0 radical (unpaired) electrons. The number of hydrogen-bond donors (Lipinski definition) is 1. The summed E-state index contributed by atoms with van der Waals surface area (Å²) in [5, 5.41) is 5.82. The van der Waals surface area contributed by atoms with Gasteiger partial charge in [-0.1, -0.05) is 42.5 Å². The maximum atomic E-state index is 13.6. The Morgan fingerprint density at radius 3 is 2.79 bits per heavy atom. The number of rotatable bonds is 8. The van der Waals surface area contributed by atoms with Gasteiger partial charge in [-0.15, -0.1) is 0 Å². The van der Waals surface area contributed by atoms with Crippen LogP contribution in [0.15, 0.2) is 60.7 Å². The van der Waals surface area contributed by atoms with Gasteiger partial charge in [-0.3, -0.25) is 4.79 Å². The van der Waals surface area contributed by atoms with Gasteiger partial charge in [0.1, 0.15) is 18.5 Å². The molecule has 1 fully saturated rings. The molecule has 33 heavy (non-hydrogen) atoms. The molecule has 1 N–H and O–H groups in total. The van der Waals surface area contributed by atoms with Crippen LogP contribution in [0.1, 0.15) is 41.3 Å². The monoisotopic (exact) mass is 446 g/mol. The van der Waals surface area contributed by atoms with E-state index in [9.17, 15) is 4.79 Å².